The third-order valence-electron chi connectivity index (χ3n) is 2.11. The molecule has 1 aliphatic rings. The van der Waals surface area contributed by atoms with E-state index in [0.29, 0.717) is 36.2 Å². The summed E-state index contributed by atoms with van der Waals surface area (Å²) >= 11 is 7.27. The number of hydrogen-bond acceptors (Lipinski definition) is 3. The number of carbonyl (C=O) groups is 1. The summed E-state index contributed by atoms with van der Waals surface area (Å²) in [5.41, 5.74) is 0. The van der Waals surface area contributed by atoms with Gasteiger partial charge in [0.2, 0.25) is 0 Å². The van der Waals surface area contributed by atoms with Crippen molar-refractivity contribution in [2.24, 2.45) is 0 Å². The summed E-state index contributed by atoms with van der Waals surface area (Å²) in [6.45, 7) is 2.56. The third kappa shape index (κ3) is 1.92. The van der Waals surface area contributed by atoms with Gasteiger partial charge in [-0.1, -0.05) is 11.6 Å². The molecule has 0 bridgehead atoms. The van der Waals surface area contributed by atoms with E-state index in [0.717, 1.165) is 0 Å². The molecular weight excluding hydrogens is 222 g/mol. The fourth-order valence-electron chi connectivity index (χ4n) is 1.36. The van der Waals surface area contributed by atoms with Crippen LogP contribution < -0.4 is 0 Å². The molecule has 5 heteroatoms. The van der Waals surface area contributed by atoms with Gasteiger partial charge in [0.15, 0.2) is 0 Å². The standard InChI is InChI=1S/C9H10ClNO2S/c10-7-1-6-14-8(7)9(12)11-2-4-13-5-3-11/h1,6H,2-5H2. The van der Waals surface area contributed by atoms with Crippen molar-refractivity contribution in [2.45, 2.75) is 0 Å². The van der Waals surface area contributed by atoms with Gasteiger partial charge in [-0.3, -0.25) is 4.79 Å². The molecule has 76 valence electrons. The molecule has 1 fully saturated rings. The molecular formula is C9H10ClNO2S. The number of carbonyl (C=O) groups excluding carboxylic acids is 1. The molecule has 1 aromatic heterocycles. The van der Waals surface area contributed by atoms with Crippen LogP contribution in [-0.2, 0) is 4.74 Å². The molecule has 0 spiro atoms. The first-order chi connectivity index (χ1) is 6.79. The van der Waals surface area contributed by atoms with Gasteiger partial charge in [-0.05, 0) is 11.4 Å². The lowest BCUT2D eigenvalue weighted by Crippen LogP contribution is -2.40. The van der Waals surface area contributed by atoms with E-state index in [4.69, 9.17) is 16.3 Å². The summed E-state index contributed by atoms with van der Waals surface area (Å²) < 4.78 is 5.17. The second-order valence-electron chi connectivity index (χ2n) is 3.00. The molecule has 0 radical (unpaired) electrons. The zero-order valence-corrected chi connectivity index (χ0v) is 9.11. The second-order valence-corrected chi connectivity index (χ2v) is 4.33. The predicted octanol–water partition coefficient (Wildman–Crippen LogP) is 1.87. The van der Waals surface area contributed by atoms with Crippen LogP contribution in [0.25, 0.3) is 0 Å². The average Bonchev–Trinajstić information content (AvgIpc) is 2.65. The van der Waals surface area contributed by atoms with Crippen molar-refractivity contribution in [1.29, 1.82) is 0 Å². The Balaban J connectivity index is 2.11. The number of nitrogens with zero attached hydrogens (tertiary/aromatic N) is 1. The smallest absolute Gasteiger partial charge is 0.265 e. The Morgan fingerprint density at radius 2 is 2.21 bits per heavy atom. The first kappa shape index (κ1) is 9.96. The maximum atomic E-state index is 11.9. The topological polar surface area (TPSA) is 29.5 Å². The van der Waals surface area contributed by atoms with E-state index in [1.54, 1.807) is 11.0 Å². The van der Waals surface area contributed by atoms with Gasteiger partial charge in [0.1, 0.15) is 4.88 Å². The Hall–Kier alpha value is -0.580. The molecule has 1 saturated heterocycles. The maximum Gasteiger partial charge on any atom is 0.265 e. The van der Waals surface area contributed by atoms with Crippen molar-refractivity contribution < 1.29 is 9.53 Å². The van der Waals surface area contributed by atoms with Gasteiger partial charge in [0.05, 0.1) is 18.2 Å². The van der Waals surface area contributed by atoms with Crippen LogP contribution in [0.3, 0.4) is 0 Å². The molecule has 2 heterocycles. The minimum Gasteiger partial charge on any atom is -0.378 e. The first-order valence-electron chi connectivity index (χ1n) is 4.39. The summed E-state index contributed by atoms with van der Waals surface area (Å²) in [5.74, 6) is 0.0216. The fourth-order valence-corrected chi connectivity index (χ4v) is 2.46. The van der Waals surface area contributed by atoms with Crippen molar-refractivity contribution in [1.82, 2.24) is 4.90 Å². The highest BCUT2D eigenvalue weighted by atomic mass is 35.5. The Bertz CT molecular complexity index is 333. The van der Waals surface area contributed by atoms with Crippen LogP contribution in [-0.4, -0.2) is 37.1 Å². The molecule has 1 aliphatic heterocycles. The first-order valence-corrected chi connectivity index (χ1v) is 5.65. The number of morpholine rings is 1. The zero-order chi connectivity index (χ0) is 9.97. The van der Waals surface area contributed by atoms with E-state index in [2.05, 4.69) is 0 Å². The Kier molecular flexibility index (Phi) is 3.05. The van der Waals surface area contributed by atoms with Crippen LogP contribution in [0.5, 0.6) is 0 Å². The number of hydrogen-bond donors (Lipinski definition) is 0. The molecule has 3 nitrogen and oxygen atoms in total. The largest absolute Gasteiger partial charge is 0.378 e. The lowest BCUT2D eigenvalue weighted by Gasteiger charge is -2.26. The van der Waals surface area contributed by atoms with Crippen molar-refractivity contribution in [2.75, 3.05) is 26.3 Å². The van der Waals surface area contributed by atoms with Crippen molar-refractivity contribution in [3.63, 3.8) is 0 Å². The molecule has 0 aromatic carbocycles. The van der Waals surface area contributed by atoms with Crippen LogP contribution in [0.2, 0.25) is 5.02 Å². The van der Waals surface area contributed by atoms with Crippen molar-refractivity contribution >= 4 is 28.8 Å². The van der Waals surface area contributed by atoms with E-state index < -0.39 is 0 Å². The van der Waals surface area contributed by atoms with Gasteiger partial charge >= 0.3 is 0 Å². The van der Waals surface area contributed by atoms with E-state index in [1.165, 1.54) is 11.3 Å². The van der Waals surface area contributed by atoms with Gasteiger partial charge < -0.3 is 9.64 Å². The third-order valence-corrected chi connectivity index (χ3v) is 3.44. The van der Waals surface area contributed by atoms with Gasteiger partial charge in [0.25, 0.3) is 5.91 Å². The molecule has 0 aliphatic carbocycles. The van der Waals surface area contributed by atoms with E-state index in [1.807, 2.05) is 5.38 Å². The molecule has 1 amide bonds. The predicted molar refractivity (Wildman–Crippen MR) is 56.1 cm³/mol. The van der Waals surface area contributed by atoms with Crippen LogP contribution in [0.1, 0.15) is 9.67 Å². The lowest BCUT2D eigenvalue weighted by molar-refractivity contribution is 0.0306. The molecule has 0 unspecified atom stereocenters. The summed E-state index contributed by atoms with van der Waals surface area (Å²) in [6.07, 6.45) is 0. The molecule has 1 aromatic rings. The van der Waals surface area contributed by atoms with Crippen molar-refractivity contribution in [3.8, 4) is 0 Å². The second kappa shape index (κ2) is 4.29. The molecule has 0 saturated carbocycles. The van der Waals surface area contributed by atoms with Gasteiger partial charge in [0, 0.05) is 13.1 Å². The Labute approximate surface area is 91.2 Å². The monoisotopic (exact) mass is 231 g/mol. The SMILES string of the molecule is O=C(c1sccc1Cl)N1CCOCC1. The normalized spacial score (nSPS) is 17.1. The van der Waals surface area contributed by atoms with Gasteiger partial charge in [-0.15, -0.1) is 11.3 Å². The zero-order valence-electron chi connectivity index (χ0n) is 7.53. The van der Waals surface area contributed by atoms with E-state index >= 15 is 0 Å². The van der Waals surface area contributed by atoms with Crippen molar-refractivity contribution in [3.05, 3.63) is 21.3 Å². The van der Waals surface area contributed by atoms with Crippen LogP contribution in [0.15, 0.2) is 11.4 Å². The van der Waals surface area contributed by atoms with Gasteiger partial charge in [-0.2, -0.15) is 0 Å². The van der Waals surface area contributed by atoms with Gasteiger partial charge in [-0.25, -0.2) is 0 Å². The van der Waals surface area contributed by atoms with E-state index in [-0.39, 0.29) is 5.91 Å². The molecule has 2 rings (SSSR count). The van der Waals surface area contributed by atoms with Crippen LogP contribution in [0, 0.1) is 0 Å². The highest BCUT2D eigenvalue weighted by Gasteiger charge is 2.21. The van der Waals surface area contributed by atoms with E-state index in [9.17, 15) is 4.79 Å². The highest BCUT2D eigenvalue weighted by molar-refractivity contribution is 7.12. The molecule has 0 atom stereocenters. The highest BCUT2D eigenvalue weighted by Crippen LogP contribution is 2.23. The van der Waals surface area contributed by atoms with Crippen LogP contribution in [0.4, 0.5) is 0 Å². The average molecular weight is 232 g/mol. The fraction of sp³-hybridized carbons (Fsp3) is 0.444. The quantitative estimate of drug-likeness (QED) is 0.739. The summed E-state index contributed by atoms with van der Waals surface area (Å²) in [7, 11) is 0. The Morgan fingerprint density at radius 1 is 1.50 bits per heavy atom. The lowest BCUT2D eigenvalue weighted by atomic mass is 10.3. The number of ether oxygens (including phenoxy) is 1. The number of halogens is 1. The molecule has 0 N–H and O–H groups in total. The number of thiophene rings is 1. The summed E-state index contributed by atoms with van der Waals surface area (Å²) in [6, 6.07) is 1.75. The summed E-state index contributed by atoms with van der Waals surface area (Å²) in [4.78, 5) is 14.3. The van der Waals surface area contributed by atoms with Crippen LogP contribution >= 0.6 is 22.9 Å². The Morgan fingerprint density at radius 3 is 2.79 bits per heavy atom. The minimum atomic E-state index is 0.0216. The number of amides is 1. The maximum absolute atomic E-state index is 11.9. The minimum absolute atomic E-state index is 0.0216. The summed E-state index contributed by atoms with van der Waals surface area (Å²) in [5, 5.41) is 2.38. The number of rotatable bonds is 1. The molecule has 14 heavy (non-hydrogen) atoms.